The van der Waals surface area contributed by atoms with Crippen LogP contribution in [0.1, 0.15) is 31.7 Å². The Balaban J connectivity index is 1.95. The third-order valence-electron chi connectivity index (χ3n) is 3.39. The highest BCUT2D eigenvalue weighted by Crippen LogP contribution is 2.28. The van der Waals surface area contributed by atoms with E-state index < -0.39 is 0 Å². The largest absolute Gasteiger partial charge is 0.493 e. The van der Waals surface area contributed by atoms with Gasteiger partial charge in [-0.05, 0) is 43.9 Å². The monoisotopic (exact) mass is 261 g/mol. The van der Waals surface area contributed by atoms with Gasteiger partial charge in [0, 0.05) is 12.6 Å². The van der Waals surface area contributed by atoms with Crippen molar-refractivity contribution >= 4 is 0 Å². The van der Waals surface area contributed by atoms with Gasteiger partial charge in [-0.2, -0.15) is 0 Å². The molecular formula is C16H23NO2. The molecule has 1 N–H and O–H groups in total. The molecule has 0 saturated carbocycles. The lowest BCUT2D eigenvalue weighted by Gasteiger charge is -2.19. The number of allylic oxidation sites excluding steroid dienone is 1. The van der Waals surface area contributed by atoms with Gasteiger partial charge in [0.25, 0.3) is 0 Å². The van der Waals surface area contributed by atoms with Gasteiger partial charge in [0.05, 0.1) is 13.7 Å². The summed E-state index contributed by atoms with van der Waals surface area (Å²) in [6.45, 7) is 3.52. The van der Waals surface area contributed by atoms with E-state index >= 15 is 0 Å². The maximum Gasteiger partial charge on any atom is 0.161 e. The molecule has 1 aromatic rings. The maximum absolute atomic E-state index is 5.60. The van der Waals surface area contributed by atoms with Crippen molar-refractivity contribution in [3.05, 3.63) is 35.9 Å². The molecule has 0 saturated heterocycles. The standard InChI is InChI=1S/C16H23NO2/c1-3-19-16-11-13(9-10-15(16)18-2)12-17-14-7-5-4-6-8-14/h4-5,9-11,14,17H,3,6-8,12H2,1-2H3. The molecule has 0 aliphatic heterocycles. The van der Waals surface area contributed by atoms with Gasteiger partial charge in [0.15, 0.2) is 11.5 Å². The summed E-state index contributed by atoms with van der Waals surface area (Å²) in [5.74, 6) is 1.62. The zero-order chi connectivity index (χ0) is 13.5. The van der Waals surface area contributed by atoms with E-state index in [9.17, 15) is 0 Å². The zero-order valence-electron chi connectivity index (χ0n) is 11.8. The SMILES string of the molecule is CCOc1cc(CNC2CC=CCC2)ccc1OC. The van der Waals surface area contributed by atoms with Gasteiger partial charge in [-0.3, -0.25) is 0 Å². The Kier molecular flexibility index (Phi) is 5.28. The summed E-state index contributed by atoms with van der Waals surface area (Å²) in [7, 11) is 1.67. The molecule has 1 aliphatic rings. The predicted octanol–water partition coefficient (Wildman–Crippen LogP) is 3.29. The molecule has 0 bridgehead atoms. The van der Waals surface area contributed by atoms with Crippen LogP contribution in [-0.4, -0.2) is 19.8 Å². The first-order valence-corrected chi connectivity index (χ1v) is 7.01. The van der Waals surface area contributed by atoms with Crippen molar-refractivity contribution in [1.82, 2.24) is 5.32 Å². The van der Waals surface area contributed by atoms with Gasteiger partial charge >= 0.3 is 0 Å². The lowest BCUT2D eigenvalue weighted by atomic mass is 10.0. The first-order valence-electron chi connectivity index (χ1n) is 7.01. The Hall–Kier alpha value is -1.48. The smallest absolute Gasteiger partial charge is 0.161 e. The highest BCUT2D eigenvalue weighted by atomic mass is 16.5. The van der Waals surface area contributed by atoms with E-state index in [1.54, 1.807) is 7.11 Å². The van der Waals surface area contributed by atoms with E-state index in [0.29, 0.717) is 12.6 Å². The second kappa shape index (κ2) is 7.19. The fourth-order valence-electron chi connectivity index (χ4n) is 2.34. The second-order valence-electron chi connectivity index (χ2n) is 4.78. The molecule has 3 nitrogen and oxygen atoms in total. The summed E-state index contributed by atoms with van der Waals surface area (Å²) in [5.41, 5.74) is 1.24. The Labute approximate surface area is 115 Å². The highest BCUT2D eigenvalue weighted by molar-refractivity contribution is 5.42. The first-order chi connectivity index (χ1) is 9.33. The zero-order valence-corrected chi connectivity index (χ0v) is 11.8. The Morgan fingerprint density at radius 3 is 2.84 bits per heavy atom. The van der Waals surface area contributed by atoms with Gasteiger partial charge in [0.2, 0.25) is 0 Å². The molecule has 3 heteroatoms. The van der Waals surface area contributed by atoms with Crippen LogP contribution in [-0.2, 0) is 6.54 Å². The minimum Gasteiger partial charge on any atom is -0.493 e. The number of benzene rings is 1. The van der Waals surface area contributed by atoms with E-state index in [4.69, 9.17) is 9.47 Å². The van der Waals surface area contributed by atoms with Crippen molar-refractivity contribution in [3.8, 4) is 11.5 Å². The lowest BCUT2D eigenvalue weighted by molar-refractivity contribution is 0.310. The number of methoxy groups -OCH3 is 1. The van der Waals surface area contributed by atoms with E-state index in [0.717, 1.165) is 24.5 Å². The fourth-order valence-corrected chi connectivity index (χ4v) is 2.34. The van der Waals surface area contributed by atoms with E-state index in [1.165, 1.54) is 18.4 Å². The average molecular weight is 261 g/mol. The van der Waals surface area contributed by atoms with Crippen LogP contribution in [0, 0.1) is 0 Å². The Bertz CT molecular complexity index is 429. The maximum atomic E-state index is 5.60. The van der Waals surface area contributed by atoms with Crippen LogP contribution in [0.15, 0.2) is 30.4 Å². The highest BCUT2D eigenvalue weighted by Gasteiger charge is 2.10. The van der Waals surface area contributed by atoms with E-state index in [2.05, 4.69) is 29.6 Å². The molecule has 2 rings (SSSR count). The first kappa shape index (κ1) is 13.9. The molecule has 1 atom stereocenters. The molecular weight excluding hydrogens is 238 g/mol. The van der Waals surface area contributed by atoms with Gasteiger partial charge in [-0.1, -0.05) is 18.2 Å². The van der Waals surface area contributed by atoms with Crippen LogP contribution in [0.25, 0.3) is 0 Å². The van der Waals surface area contributed by atoms with Crippen LogP contribution in [0.5, 0.6) is 11.5 Å². The quantitative estimate of drug-likeness (QED) is 0.797. The molecule has 0 aromatic heterocycles. The molecule has 0 spiro atoms. The van der Waals surface area contributed by atoms with Crippen LogP contribution in [0.3, 0.4) is 0 Å². The van der Waals surface area contributed by atoms with Gasteiger partial charge < -0.3 is 14.8 Å². The summed E-state index contributed by atoms with van der Waals surface area (Å²) in [4.78, 5) is 0. The molecule has 0 heterocycles. The van der Waals surface area contributed by atoms with Crippen LogP contribution >= 0.6 is 0 Å². The average Bonchev–Trinajstić information content (AvgIpc) is 2.47. The molecule has 1 unspecified atom stereocenters. The summed E-state index contributed by atoms with van der Waals surface area (Å²) in [6, 6.07) is 6.73. The number of nitrogens with one attached hydrogen (secondary N) is 1. The van der Waals surface area contributed by atoms with Crippen molar-refractivity contribution in [2.75, 3.05) is 13.7 Å². The number of hydrogen-bond acceptors (Lipinski definition) is 3. The number of hydrogen-bond donors (Lipinski definition) is 1. The Morgan fingerprint density at radius 2 is 2.16 bits per heavy atom. The summed E-state index contributed by atoms with van der Waals surface area (Å²) < 4.78 is 10.9. The number of ether oxygens (including phenoxy) is 2. The summed E-state index contributed by atoms with van der Waals surface area (Å²) >= 11 is 0. The molecule has 1 aromatic carbocycles. The Morgan fingerprint density at radius 1 is 1.26 bits per heavy atom. The van der Waals surface area contributed by atoms with E-state index in [1.807, 2.05) is 13.0 Å². The van der Waals surface area contributed by atoms with Crippen LogP contribution in [0.2, 0.25) is 0 Å². The molecule has 104 valence electrons. The van der Waals surface area contributed by atoms with Crippen molar-refractivity contribution in [3.63, 3.8) is 0 Å². The second-order valence-corrected chi connectivity index (χ2v) is 4.78. The fraction of sp³-hybridized carbons (Fsp3) is 0.500. The third-order valence-corrected chi connectivity index (χ3v) is 3.39. The lowest BCUT2D eigenvalue weighted by Crippen LogP contribution is -2.29. The number of rotatable bonds is 6. The molecule has 0 radical (unpaired) electrons. The van der Waals surface area contributed by atoms with E-state index in [-0.39, 0.29) is 0 Å². The van der Waals surface area contributed by atoms with Gasteiger partial charge in [-0.25, -0.2) is 0 Å². The summed E-state index contributed by atoms with van der Waals surface area (Å²) in [6.07, 6.45) is 8.07. The summed E-state index contributed by atoms with van der Waals surface area (Å²) in [5, 5.41) is 3.60. The van der Waals surface area contributed by atoms with Gasteiger partial charge in [-0.15, -0.1) is 0 Å². The topological polar surface area (TPSA) is 30.5 Å². The minimum absolute atomic E-state index is 0.600. The predicted molar refractivity (Wildman–Crippen MR) is 77.8 cm³/mol. The normalized spacial score (nSPS) is 18.3. The third kappa shape index (κ3) is 4.00. The molecule has 19 heavy (non-hydrogen) atoms. The van der Waals surface area contributed by atoms with Crippen molar-refractivity contribution in [1.29, 1.82) is 0 Å². The van der Waals surface area contributed by atoms with Gasteiger partial charge in [0.1, 0.15) is 0 Å². The van der Waals surface area contributed by atoms with Crippen LogP contribution in [0.4, 0.5) is 0 Å². The minimum atomic E-state index is 0.600. The van der Waals surface area contributed by atoms with Crippen molar-refractivity contribution in [2.24, 2.45) is 0 Å². The molecule has 0 fully saturated rings. The van der Waals surface area contributed by atoms with Crippen LogP contribution < -0.4 is 14.8 Å². The van der Waals surface area contributed by atoms with Crippen molar-refractivity contribution < 1.29 is 9.47 Å². The van der Waals surface area contributed by atoms with Crippen molar-refractivity contribution in [2.45, 2.75) is 38.8 Å². The molecule has 0 amide bonds. The molecule has 1 aliphatic carbocycles.